The van der Waals surface area contributed by atoms with Crippen LogP contribution in [0.3, 0.4) is 0 Å². The van der Waals surface area contributed by atoms with Crippen molar-refractivity contribution in [3.8, 4) is 0 Å². The Kier molecular flexibility index (Phi) is 7.37. The van der Waals surface area contributed by atoms with E-state index in [0.29, 0.717) is 6.42 Å². The summed E-state index contributed by atoms with van der Waals surface area (Å²) < 4.78 is 5.25. The summed E-state index contributed by atoms with van der Waals surface area (Å²) in [6.07, 6.45) is -0.361. The maximum Gasteiger partial charge on any atom is 0.408 e. The van der Waals surface area contributed by atoms with Gasteiger partial charge >= 0.3 is 12.1 Å². The third kappa shape index (κ3) is 6.26. The molecule has 0 aromatic heterocycles. The maximum atomic E-state index is 12.3. The number of benzene rings is 2. The quantitative estimate of drug-likeness (QED) is 0.647. The van der Waals surface area contributed by atoms with E-state index in [2.05, 4.69) is 10.6 Å². The van der Waals surface area contributed by atoms with Crippen molar-refractivity contribution in [2.75, 3.05) is 0 Å². The number of carboxylic acid groups (broad SMARTS) is 1. The third-order valence-corrected chi connectivity index (χ3v) is 4.23. The predicted molar refractivity (Wildman–Crippen MR) is 106 cm³/mol. The largest absolute Gasteiger partial charge is 0.480 e. The molecule has 0 aliphatic rings. The molecule has 0 aliphatic heterocycles. The summed E-state index contributed by atoms with van der Waals surface area (Å²) in [5.74, 6) is -1.57. The Hall–Kier alpha value is -3.09. The van der Waals surface area contributed by atoms with Crippen molar-refractivity contribution in [1.29, 1.82) is 0 Å². The van der Waals surface area contributed by atoms with E-state index in [4.69, 9.17) is 9.84 Å². The highest BCUT2D eigenvalue weighted by atomic mass is 16.5. The molecule has 2 aromatic rings. The molecular weight excluding hydrogens is 360 g/mol. The van der Waals surface area contributed by atoms with Gasteiger partial charge in [-0.15, -0.1) is 0 Å². The van der Waals surface area contributed by atoms with Crippen LogP contribution in [0.15, 0.2) is 42.5 Å². The molecule has 0 radical (unpaired) electrons. The molecule has 0 unspecified atom stereocenters. The first-order valence-electron chi connectivity index (χ1n) is 9.20. The van der Waals surface area contributed by atoms with Crippen molar-refractivity contribution < 1.29 is 24.2 Å². The third-order valence-electron chi connectivity index (χ3n) is 4.23. The van der Waals surface area contributed by atoms with Crippen LogP contribution in [0.2, 0.25) is 0 Å². The topological polar surface area (TPSA) is 105 Å². The van der Waals surface area contributed by atoms with E-state index in [9.17, 15) is 14.4 Å². The van der Waals surface area contributed by atoms with Crippen molar-refractivity contribution in [2.24, 2.45) is 5.92 Å². The lowest BCUT2D eigenvalue weighted by Gasteiger charge is -2.21. The summed E-state index contributed by atoms with van der Waals surface area (Å²) in [6, 6.07) is 11.7. The lowest BCUT2D eigenvalue weighted by Crippen LogP contribution is -2.51. The van der Waals surface area contributed by atoms with E-state index in [1.165, 1.54) is 6.92 Å². The standard InChI is InChI=1S/C21H26N2O5/c1-13(2)10-18(19(24)22-14(3)20(25)26)23-21(27)28-12-15-8-9-16-6-4-5-7-17(16)11-15/h4-9,11,13-14,18H,10,12H2,1-3H3,(H,22,24)(H,23,27)(H,25,26)/t14-,18-/m0/s1. The summed E-state index contributed by atoms with van der Waals surface area (Å²) >= 11 is 0. The summed E-state index contributed by atoms with van der Waals surface area (Å²) in [5.41, 5.74) is 0.832. The van der Waals surface area contributed by atoms with Gasteiger partial charge in [0.15, 0.2) is 0 Å². The lowest BCUT2D eigenvalue weighted by molar-refractivity contribution is -0.141. The average molecular weight is 386 g/mol. The van der Waals surface area contributed by atoms with E-state index >= 15 is 0 Å². The Morgan fingerprint density at radius 1 is 1.00 bits per heavy atom. The predicted octanol–water partition coefficient (Wildman–Crippen LogP) is 3.07. The van der Waals surface area contributed by atoms with Gasteiger partial charge in [0.25, 0.3) is 0 Å². The number of fused-ring (bicyclic) bond motifs is 1. The molecule has 7 nitrogen and oxygen atoms in total. The van der Waals surface area contributed by atoms with Gasteiger partial charge in [-0.1, -0.05) is 50.2 Å². The van der Waals surface area contributed by atoms with Gasteiger partial charge in [0, 0.05) is 0 Å². The molecule has 0 saturated carbocycles. The van der Waals surface area contributed by atoms with Crippen LogP contribution < -0.4 is 10.6 Å². The SMILES string of the molecule is CC(C)C[C@H](NC(=O)OCc1ccc2ccccc2c1)C(=O)N[C@@H](C)C(=O)O. The highest BCUT2D eigenvalue weighted by Gasteiger charge is 2.25. The fourth-order valence-electron chi connectivity index (χ4n) is 2.74. The van der Waals surface area contributed by atoms with Crippen molar-refractivity contribution in [3.05, 3.63) is 48.0 Å². The van der Waals surface area contributed by atoms with Gasteiger partial charge in [-0.25, -0.2) is 4.79 Å². The Morgan fingerprint density at radius 3 is 2.32 bits per heavy atom. The first-order chi connectivity index (χ1) is 13.3. The number of hydrogen-bond donors (Lipinski definition) is 3. The van der Waals surface area contributed by atoms with Crippen molar-refractivity contribution >= 4 is 28.7 Å². The van der Waals surface area contributed by atoms with Crippen LogP contribution in [0.5, 0.6) is 0 Å². The number of carbonyl (C=O) groups excluding carboxylic acids is 2. The summed E-state index contributed by atoms with van der Waals surface area (Å²) in [7, 11) is 0. The molecule has 0 fully saturated rings. The summed E-state index contributed by atoms with van der Waals surface area (Å²) in [5, 5.41) is 16.0. The van der Waals surface area contributed by atoms with Gasteiger partial charge in [0.2, 0.25) is 5.91 Å². The summed E-state index contributed by atoms with van der Waals surface area (Å²) in [4.78, 5) is 35.4. The Bertz CT molecular complexity index is 850. The van der Waals surface area contributed by atoms with Crippen LogP contribution in [-0.2, 0) is 20.9 Å². The zero-order chi connectivity index (χ0) is 20.7. The minimum absolute atomic E-state index is 0.0677. The number of aliphatic carboxylic acids is 1. The van der Waals surface area contributed by atoms with E-state index in [1.807, 2.05) is 56.3 Å². The minimum atomic E-state index is -1.14. The zero-order valence-electron chi connectivity index (χ0n) is 16.3. The van der Waals surface area contributed by atoms with Gasteiger partial charge in [0.05, 0.1) is 0 Å². The van der Waals surface area contributed by atoms with Crippen LogP contribution in [0.4, 0.5) is 4.79 Å². The number of ether oxygens (including phenoxy) is 1. The van der Waals surface area contributed by atoms with E-state index < -0.39 is 30.1 Å². The normalized spacial score (nSPS) is 13.0. The van der Waals surface area contributed by atoms with Crippen LogP contribution in [0.1, 0.15) is 32.8 Å². The number of hydrogen-bond acceptors (Lipinski definition) is 4. The molecule has 2 amide bonds. The number of alkyl carbamates (subject to hydrolysis) is 1. The fourth-order valence-corrected chi connectivity index (χ4v) is 2.74. The van der Waals surface area contributed by atoms with Crippen molar-refractivity contribution in [2.45, 2.75) is 45.9 Å². The molecule has 0 heterocycles. The molecule has 150 valence electrons. The van der Waals surface area contributed by atoms with Gasteiger partial charge < -0.3 is 20.5 Å². The number of nitrogens with one attached hydrogen (secondary N) is 2. The lowest BCUT2D eigenvalue weighted by atomic mass is 10.0. The van der Waals surface area contributed by atoms with Gasteiger partial charge in [-0.05, 0) is 41.7 Å². The molecule has 28 heavy (non-hydrogen) atoms. The minimum Gasteiger partial charge on any atom is -0.480 e. The molecule has 0 bridgehead atoms. The first-order valence-corrected chi connectivity index (χ1v) is 9.20. The fraction of sp³-hybridized carbons (Fsp3) is 0.381. The van der Waals surface area contributed by atoms with E-state index in [0.717, 1.165) is 16.3 Å². The molecule has 0 spiro atoms. The Balaban J connectivity index is 1.95. The summed E-state index contributed by atoms with van der Waals surface area (Å²) in [6.45, 7) is 5.24. The molecule has 2 rings (SSSR count). The van der Waals surface area contributed by atoms with Crippen molar-refractivity contribution in [3.63, 3.8) is 0 Å². The maximum absolute atomic E-state index is 12.3. The zero-order valence-corrected chi connectivity index (χ0v) is 16.3. The second kappa shape index (κ2) is 9.73. The molecule has 2 atom stereocenters. The van der Waals surface area contributed by atoms with Gasteiger partial charge in [-0.3, -0.25) is 9.59 Å². The van der Waals surface area contributed by atoms with Gasteiger partial charge in [0.1, 0.15) is 18.7 Å². The Morgan fingerprint density at radius 2 is 1.68 bits per heavy atom. The molecule has 0 saturated heterocycles. The first kappa shape index (κ1) is 21.2. The van der Waals surface area contributed by atoms with E-state index in [-0.39, 0.29) is 12.5 Å². The average Bonchev–Trinajstić information content (AvgIpc) is 2.65. The number of rotatable bonds is 8. The number of amides is 2. The molecular formula is C21H26N2O5. The molecule has 2 aromatic carbocycles. The molecule has 0 aliphatic carbocycles. The highest BCUT2D eigenvalue weighted by Crippen LogP contribution is 2.16. The van der Waals surface area contributed by atoms with Crippen LogP contribution >= 0.6 is 0 Å². The van der Waals surface area contributed by atoms with E-state index in [1.54, 1.807) is 0 Å². The second-order valence-electron chi connectivity index (χ2n) is 7.15. The monoisotopic (exact) mass is 386 g/mol. The Labute approximate surface area is 164 Å². The highest BCUT2D eigenvalue weighted by molar-refractivity contribution is 5.89. The molecule has 7 heteroatoms. The van der Waals surface area contributed by atoms with Crippen LogP contribution in [-0.4, -0.2) is 35.2 Å². The van der Waals surface area contributed by atoms with Crippen molar-refractivity contribution in [1.82, 2.24) is 10.6 Å². The number of carboxylic acids is 1. The number of carbonyl (C=O) groups is 3. The second-order valence-corrected chi connectivity index (χ2v) is 7.15. The molecule has 3 N–H and O–H groups in total. The van der Waals surface area contributed by atoms with Gasteiger partial charge in [-0.2, -0.15) is 0 Å². The smallest absolute Gasteiger partial charge is 0.408 e. The van der Waals surface area contributed by atoms with Crippen LogP contribution in [0, 0.1) is 5.92 Å². The van der Waals surface area contributed by atoms with Crippen LogP contribution in [0.25, 0.3) is 10.8 Å².